The summed E-state index contributed by atoms with van der Waals surface area (Å²) >= 11 is 0. The molecule has 1 amide bonds. The highest BCUT2D eigenvalue weighted by molar-refractivity contribution is 5.85. The SMILES string of the molecule is Cc1nn(C)c2c1c(C(F)(F)F)cc(=O)n2CC(=O)NCc1ccc2c(c1)OCO2. The molecule has 3 heterocycles. The van der Waals surface area contributed by atoms with Crippen LogP contribution in [0.3, 0.4) is 0 Å². The number of halogens is 3. The van der Waals surface area contributed by atoms with Crippen LogP contribution in [-0.4, -0.2) is 27.0 Å². The summed E-state index contributed by atoms with van der Waals surface area (Å²) < 4.78 is 52.9. The first kappa shape index (κ1) is 19.8. The fraction of sp³-hybridized carbons (Fsp3) is 0.316. The van der Waals surface area contributed by atoms with Crippen molar-refractivity contribution in [2.45, 2.75) is 26.2 Å². The summed E-state index contributed by atoms with van der Waals surface area (Å²) in [5.74, 6) is 0.637. The van der Waals surface area contributed by atoms with Crippen LogP contribution in [-0.2, 0) is 31.1 Å². The van der Waals surface area contributed by atoms with Gasteiger partial charge in [0, 0.05) is 19.7 Å². The molecule has 11 heteroatoms. The maximum Gasteiger partial charge on any atom is 0.417 e. The highest BCUT2D eigenvalue weighted by Gasteiger charge is 2.36. The first-order valence-corrected chi connectivity index (χ1v) is 8.94. The maximum absolute atomic E-state index is 13.4. The third kappa shape index (κ3) is 3.46. The van der Waals surface area contributed by atoms with Crippen molar-refractivity contribution < 1.29 is 27.4 Å². The molecule has 158 valence electrons. The average Bonchev–Trinajstić information content (AvgIpc) is 3.25. The van der Waals surface area contributed by atoms with Gasteiger partial charge in [-0.3, -0.25) is 18.8 Å². The van der Waals surface area contributed by atoms with Crippen molar-refractivity contribution in [3.63, 3.8) is 0 Å². The number of hydrogen-bond donors (Lipinski definition) is 1. The molecule has 1 aromatic carbocycles. The number of aryl methyl sites for hydroxylation is 2. The van der Waals surface area contributed by atoms with Crippen LogP contribution in [0.15, 0.2) is 29.1 Å². The highest BCUT2D eigenvalue weighted by Crippen LogP contribution is 2.35. The summed E-state index contributed by atoms with van der Waals surface area (Å²) in [4.78, 5) is 24.8. The molecule has 0 unspecified atom stereocenters. The molecule has 1 aliphatic rings. The van der Waals surface area contributed by atoms with Gasteiger partial charge in [0.05, 0.1) is 16.6 Å². The number of ether oxygens (including phenoxy) is 2. The van der Waals surface area contributed by atoms with E-state index in [1.54, 1.807) is 18.2 Å². The number of amides is 1. The van der Waals surface area contributed by atoms with Gasteiger partial charge in [0.1, 0.15) is 12.2 Å². The third-order valence-electron chi connectivity index (χ3n) is 4.78. The van der Waals surface area contributed by atoms with E-state index in [0.717, 1.165) is 10.1 Å². The van der Waals surface area contributed by atoms with Gasteiger partial charge in [-0.1, -0.05) is 6.07 Å². The van der Waals surface area contributed by atoms with E-state index in [1.807, 2.05) is 0 Å². The first-order valence-electron chi connectivity index (χ1n) is 8.94. The summed E-state index contributed by atoms with van der Waals surface area (Å²) in [6.07, 6.45) is -4.72. The van der Waals surface area contributed by atoms with Crippen LogP contribution in [0.25, 0.3) is 11.0 Å². The zero-order chi connectivity index (χ0) is 21.6. The summed E-state index contributed by atoms with van der Waals surface area (Å²) in [6.45, 7) is 1.25. The minimum atomic E-state index is -4.72. The molecule has 0 aliphatic carbocycles. The number of aromatic nitrogens is 3. The Morgan fingerprint density at radius 2 is 1.97 bits per heavy atom. The number of rotatable bonds is 4. The molecule has 2 aromatic heterocycles. The number of pyridine rings is 1. The number of nitrogens with zero attached hydrogens (tertiary/aromatic N) is 3. The first-order chi connectivity index (χ1) is 14.1. The van der Waals surface area contributed by atoms with Gasteiger partial charge < -0.3 is 14.8 Å². The van der Waals surface area contributed by atoms with E-state index in [4.69, 9.17) is 9.47 Å². The van der Waals surface area contributed by atoms with Crippen molar-refractivity contribution >= 4 is 16.9 Å². The fourth-order valence-corrected chi connectivity index (χ4v) is 3.48. The summed E-state index contributed by atoms with van der Waals surface area (Å²) in [5, 5.41) is 6.45. The molecule has 1 N–H and O–H groups in total. The molecule has 8 nitrogen and oxygen atoms in total. The number of nitrogens with one attached hydrogen (secondary N) is 1. The van der Waals surface area contributed by atoms with Gasteiger partial charge in [-0.15, -0.1) is 0 Å². The Balaban J connectivity index is 1.60. The predicted octanol–water partition coefficient (Wildman–Crippen LogP) is 2.11. The number of hydrogen-bond acceptors (Lipinski definition) is 5. The van der Waals surface area contributed by atoms with Gasteiger partial charge in [-0.2, -0.15) is 18.3 Å². The van der Waals surface area contributed by atoms with Crippen LogP contribution in [0.4, 0.5) is 13.2 Å². The lowest BCUT2D eigenvalue weighted by atomic mass is 10.1. The van der Waals surface area contributed by atoms with Crippen molar-refractivity contribution in [3.8, 4) is 11.5 Å². The lowest BCUT2D eigenvalue weighted by Gasteiger charge is -2.14. The van der Waals surface area contributed by atoms with E-state index in [0.29, 0.717) is 17.6 Å². The Bertz CT molecular complexity index is 1210. The van der Waals surface area contributed by atoms with E-state index >= 15 is 0 Å². The van der Waals surface area contributed by atoms with E-state index < -0.39 is 29.8 Å². The fourth-order valence-electron chi connectivity index (χ4n) is 3.48. The highest BCUT2D eigenvalue weighted by atomic mass is 19.4. The molecular weight excluding hydrogens is 405 g/mol. The minimum Gasteiger partial charge on any atom is -0.454 e. The Morgan fingerprint density at radius 1 is 1.23 bits per heavy atom. The van der Waals surface area contributed by atoms with Gasteiger partial charge in [0.25, 0.3) is 5.56 Å². The molecule has 0 fully saturated rings. The second kappa shape index (κ2) is 7.08. The lowest BCUT2D eigenvalue weighted by Crippen LogP contribution is -2.33. The smallest absolute Gasteiger partial charge is 0.417 e. The number of alkyl halides is 3. The summed E-state index contributed by atoms with van der Waals surface area (Å²) in [6, 6.07) is 5.69. The monoisotopic (exact) mass is 422 g/mol. The molecular formula is C19H17F3N4O4. The van der Waals surface area contributed by atoms with Gasteiger partial charge in [0.15, 0.2) is 11.5 Å². The lowest BCUT2D eigenvalue weighted by molar-refractivity contribution is -0.136. The van der Waals surface area contributed by atoms with Crippen molar-refractivity contribution in [1.82, 2.24) is 19.7 Å². The second-order valence-corrected chi connectivity index (χ2v) is 6.85. The molecule has 4 rings (SSSR count). The number of carbonyl (C=O) groups excluding carboxylic acids is 1. The predicted molar refractivity (Wildman–Crippen MR) is 99.1 cm³/mol. The second-order valence-electron chi connectivity index (χ2n) is 6.85. The molecule has 0 saturated heterocycles. The number of carbonyl (C=O) groups is 1. The van der Waals surface area contributed by atoms with Crippen LogP contribution >= 0.6 is 0 Å². The normalized spacial score (nSPS) is 13.1. The summed E-state index contributed by atoms with van der Waals surface area (Å²) in [7, 11) is 1.43. The van der Waals surface area contributed by atoms with Crippen molar-refractivity contribution in [2.24, 2.45) is 7.05 Å². The Kier molecular flexibility index (Phi) is 4.67. The Labute approximate surface area is 167 Å². The molecule has 0 bridgehead atoms. The topological polar surface area (TPSA) is 87.4 Å². The molecule has 1 aliphatic heterocycles. The van der Waals surface area contributed by atoms with E-state index in [2.05, 4.69) is 10.4 Å². The van der Waals surface area contributed by atoms with E-state index in [1.165, 1.54) is 18.7 Å². The molecule has 0 saturated carbocycles. The Morgan fingerprint density at radius 3 is 2.70 bits per heavy atom. The van der Waals surface area contributed by atoms with Crippen molar-refractivity contribution in [1.29, 1.82) is 0 Å². The quantitative estimate of drug-likeness (QED) is 0.696. The minimum absolute atomic E-state index is 0.0643. The maximum atomic E-state index is 13.4. The van der Waals surface area contributed by atoms with Crippen LogP contribution in [0.1, 0.15) is 16.8 Å². The largest absolute Gasteiger partial charge is 0.454 e. The van der Waals surface area contributed by atoms with Crippen molar-refractivity contribution in [3.05, 3.63) is 51.4 Å². The van der Waals surface area contributed by atoms with Crippen LogP contribution in [0.5, 0.6) is 11.5 Å². The molecule has 30 heavy (non-hydrogen) atoms. The van der Waals surface area contributed by atoms with E-state index in [-0.39, 0.29) is 30.1 Å². The number of benzene rings is 1. The van der Waals surface area contributed by atoms with E-state index in [9.17, 15) is 22.8 Å². The van der Waals surface area contributed by atoms with Gasteiger partial charge in [-0.05, 0) is 24.6 Å². The number of fused-ring (bicyclic) bond motifs is 2. The van der Waals surface area contributed by atoms with Gasteiger partial charge in [0.2, 0.25) is 12.7 Å². The molecule has 0 spiro atoms. The molecule has 0 radical (unpaired) electrons. The van der Waals surface area contributed by atoms with Crippen LogP contribution in [0, 0.1) is 6.92 Å². The van der Waals surface area contributed by atoms with Crippen molar-refractivity contribution in [2.75, 3.05) is 6.79 Å². The Hall–Kier alpha value is -3.50. The average molecular weight is 422 g/mol. The summed E-state index contributed by atoms with van der Waals surface area (Å²) in [5.41, 5.74) is -1.20. The van der Waals surface area contributed by atoms with Crippen LogP contribution in [0.2, 0.25) is 0 Å². The van der Waals surface area contributed by atoms with Gasteiger partial charge in [-0.25, -0.2) is 0 Å². The molecule has 0 atom stereocenters. The van der Waals surface area contributed by atoms with Crippen LogP contribution < -0.4 is 20.3 Å². The third-order valence-corrected chi connectivity index (χ3v) is 4.78. The molecule has 3 aromatic rings. The zero-order valence-electron chi connectivity index (χ0n) is 16.0. The van der Waals surface area contributed by atoms with Gasteiger partial charge >= 0.3 is 6.18 Å². The standard InChI is InChI=1S/C19H17F3N4O4/c1-10-17-12(19(20,21)22)6-16(28)26(18(17)25(2)24-10)8-15(27)23-7-11-3-4-13-14(5-11)30-9-29-13/h3-6H,7-9H2,1-2H3,(H,23,27). The zero-order valence-corrected chi connectivity index (χ0v) is 16.0.